The highest BCUT2D eigenvalue weighted by molar-refractivity contribution is 5.83. The van der Waals surface area contributed by atoms with E-state index in [0.717, 1.165) is 25.7 Å². The molecule has 1 fully saturated rings. The van der Waals surface area contributed by atoms with Crippen LogP contribution in [0.5, 0.6) is 0 Å². The molecule has 1 aliphatic carbocycles. The van der Waals surface area contributed by atoms with E-state index < -0.39 is 0 Å². The van der Waals surface area contributed by atoms with E-state index in [1.807, 2.05) is 0 Å². The Kier molecular flexibility index (Phi) is 4.43. The number of Topliss-reactive ketones (excluding diaryl/α,β-unsaturated/α-hetero) is 1. The highest BCUT2D eigenvalue weighted by Crippen LogP contribution is 2.28. The second-order valence-corrected chi connectivity index (χ2v) is 3.88. The molecule has 1 aliphatic rings. The van der Waals surface area contributed by atoms with Gasteiger partial charge in [0.05, 0.1) is 6.10 Å². The lowest BCUT2D eigenvalue weighted by molar-refractivity contribution is -0.124. The minimum Gasteiger partial charge on any atom is -0.381 e. The van der Waals surface area contributed by atoms with Crippen LogP contribution in [-0.4, -0.2) is 19.0 Å². The molecule has 0 aliphatic heterocycles. The molecule has 0 amide bonds. The summed E-state index contributed by atoms with van der Waals surface area (Å²) in [6.07, 6.45) is 6.47. The van der Waals surface area contributed by atoms with Crippen molar-refractivity contribution in [1.82, 2.24) is 0 Å². The fourth-order valence-corrected chi connectivity index (χ4v) is 2.12. The fourth-order valence-electron chi connectivity index (χ4n) is 2.12. The molecule has 1 saturated carbocycles. The van der Waals surface area contributed by atoms with Crippen LogP contribution in [0, 0.1) is 5.92 Å². The van der Waals surface area contributed by atoms with Gasteiger partial charge >= 0.3 is 0 Å². The molecule has 0 aromatic rings. The second-order valence-electron chi connectivity index (χ2n) is 3.88. The summed E-state index contributed by atoms with van der Waals surface area (Å²) in [5.74, 6) is 0.625. The first-order chi connectivity index (χ1) is 6.29. The molecule has 0 bridgehead atoms. The molecule has 0 heterocycles. The van der Waals surface area contributed by atoms with Gasteiger partial charge in [0.15, 0.2) is 0 Å². The quantitative estimate of drug-likeness (QED) is 0.656. The monoisotopic (exact) mass is 184 g/mol. The van der Waals surface area contributed by atoms with Crippen LogP contribution < -0.4 is 0 Å². The summed E-state index contributed by atoms with van der Waals surface area (Å²) >= 11 is 0. The Morgan fingerprint density at radius 3 is 2.85 bits per heavy atom. The standard InChI is InChI=1S/C11H20O2/c1-3-4-8-11(13-2)9-6-5-7-10(9)12/h9,11H,3-8H2,1-2H3. The van der Waals surface area contributed by atoms with Gasteiger partial charge in [-0.1, -0.05) is 19.8 Å². The van der Waals surface area contributed by atoms with Crippen LogP contribution in [0.4, 0.5) is 0 Å². The van der Waals surface area contributed by atoms with Crippen LogP contribution in [0.1, 0.15) is 45.4 Å². The van der Waals surface area contributed by atoms with Crippen molar-refractivity contribution in [3.8, 4) is 0 Å². The molecule has 0 spiro atoms. The zero-order valence-corrected chi connectivity index (χ0v) is 8.71. The van der Waals surface area contributed by atoms with E-state index in [0.29, 0.717) is 5.78 Å². The van der Waals surface area contributed by atoms with Crippen molar-refractivity contribution in [2.24, 2.45) is 5.92 Å². The van der Waals surface area contributed by atoms with Gasteiger partial charge in [-0.15, -0.1) is 0 Å². The summed E-state index contributed by atoms with van der Waals surface area (Å²) in [6.45, 7) is 2.17. The number of methoxy groups -OCH3 is 1. The van der Waals surface area contributed by atoms with Crippen LogP contribution >= 0.6 is 0 Å². The number of hydrogen-bond donors (Lipinski definition) is 0. The molecule has 1 rings (SSSR count). The predicted octanol–water partition coefficient (Wildman–Crippen LogP) is 2.56. The number of carbonyl (C=O) groups excluding carboxylic acids is 1. The molecule has 0 saturated heterocycles. The summed E-state index contributed by atoms with van der Waals surface area (Å²) < 4.78 is 5.39. The molecule has 0 aromatic heterocycles. The van der Waals surface area contributed by atoms with E-state index in [-0.39, 0.29) is 12.0 Å². The van der Waals surface area contributed by atoms with Crippen molar-refractivity contribution in [3.05, 3.63) is 0 Å². The Morgan fingerprint density at radius 1 is 1.62 bits per heavy atom. The zero-order valence-electron chi connectivity index (χ0n) is 8.71. The highest BCUT2D eigenvalue weighted by atomic mass is 16.5. The van der Waals surface area contributed by atoms with Crippen LogP contribution in [0.3, 0.4) is 0 Å². The van der Waals surface area contributed by atoms with Crippen molar-refractivity contribution in [2.75, 3.05) is 7.11 Å². The molecule has 0 aromatic carbocycles. The maximum absolute atomic E-state index is 11.5. The van der Waals surface area contributed by atoms with Crippen molar-refractivity contribution in [1.29, 1.82) is 0 Å². The zero-order chi connectivity index (χ0) is 9.68. The molecule has 0 N–H and O–H groups in total. The molecular weight excluding hydrogens is 164 g/mol. The lowest BCUT2D eigenvalue weighted by Crippen LogP contribution is -2.25. The Morgan fingerprint density at radius 2 is 2.38 bits per heavy atom. The summed E-state index contributed by atoms with van der Waals surface area (Å²) in [6, 6.07) is 0. The fraction of sp³-hybridized carbons (Fsp3) is 0.909. The summed E-state index contributed by atoms with van der Waals surface area (Å²) in [4.78, 5) is 11.5. The van der Waals surface area contributed by atoms with Gasteiger partial charge in [0.25, 0.3) is 0 Å². The maximum atomic E-state index is 11.5. The number of rotatable bonds is 5. The van der Waals surface area contributed by atoms with Crippen molar-refractivity contribution in [3.63, 3.8) is 0 Å². The number of ether oxygens (including phenoxy) is 1. The van der Waals surface area contributed by atoms with Gasteiger partial charge in [-0.3, -0.25) is 4.79 Å². The van der Waals surface area contributed by atoms with E-state index in [1.54, 1.807) is 7.11 Å². The third-order valence-electron chi connectivity index (χ3n) is 2.95. The molecule has 0 radical (unpaired) electrons. The largest absolute Gasteiger partial charge is 0.381 e. The average Bonchev–Trinajstić information content (AvgIpc) is 2.54. The minimum absolute atomic E-state index is 0.190. The lowest BCUT2D eigenvalue weighted by Gasteiger charge is -2.20. The summed E-state index contributed by atoms with van der Waals surface area (Å²) in [7, 11) is 1.73. The molecule has 76 valence electrons. The average molecular weight is 184 g/mol. The third-order valence-corrected chi connectivity index (χ3v) is 2.95. The normalized spacial score (nSPS) is 25.1. The number of hydrogen-bond acceptors (Lipinski definition) is 2. The molecular formula is C11H20O2. The first-order valence-electron chi connectivity index (χ1n) is 5.35. The molecule has 2 unspecified atom stereocenters. The maximum Gasteiger partial charge on any atom is 0.138 e. The number of carbonyl (C=O) groups is 1. The molecule has 13 heavy (non-hydrogen) atoms. The Balaban J connectivity index is 2.40. The van der Waals surface area contributed by atoms with Gasteiger partial charge in [0.1, 0.15) is 5.78 Å². The van der Waals surface area contributed by atoms with Gasteiger partial charge < -0.3 is 4.74 Å². The van der Waals surface area contributed by atoms with Crippen LogP contribution in [-0.2, 0) is 9.53 Å². The minimum atomic E-state index is 0.190. The van der Waals surface area contributed by atoms with E-state index >= 15 is 0 Å². The molecule has 2 atom stereocenters. The van der Waals surface area contributed by atoms with Crippen LogP contribution in [0.15, 0.2) is 0 Å². The van der Waals surface area contributed by atoms with Gasteiger partial charge in [-0.05, 0) is 19.3 Å². The van der Waals surface area contributed by atoms with Gasteiger partial charge in [0, 0.05) is 19.4 Å². The van der Waals surface area contributed by atoms with E-state index in [2.05, 4.69) is 6.92 Å². The van der Waals surface area contributed by atoms with Crippen molar-refractivity contribution in [2.45, 2.75) is 51.6 Å². The predicted molar refractivity (Wildman–Crippen MR) is 52.7 cm³/mol. The number of ketones is 1. The second kappa shape index (κ2) is 5.38. The van der Waals surface area contributed by atoms with E-state index in [1.165, 1.54) is 12.8 Å². The topological polar surface area (TPSA) is 26.3 Å². The first-order valence-corrected chi connectivity index (χ1v) is 5.35. The molecule has 2 heteroatoms. The van der Waals surface area contributed by atoms with Crippen LogP contribution in [0.2, 0.25) is 0 Å². The third kappa shape index (κ3) is 2.80. The van der Waals surface area contributed by atoms with E-state index in [9.17, 15) is 4.79 Å². The van der Waals surface area contributed by atoms with Crippen LogP contribution in [0.25, 0.3) is 0 Å². The Labute approximate surface area is 80.7 Å². The van der Waals surface area contributed by atoms with Crippen molar-refractivity contribution >= 4 is 5.78 Å². The Bertz CT molecular complexity index is 165. The smallest absolute Gasteiger partial charge is 0.138 e. The lowest BCUT2D eigenvalue weighted by atomic mass is 9.95. The summed E-state index contributed by atoms with van der Waals surface area (Å²) in [5.41, 5.74) is 0. The number of unbranched alkanes of at least 4 members (excludes halogenated alkanes) is 1. The van der Waals surface area contributed by atoms with Gasteiger partial charge in [-0.2, -0.15) is 0 Å². The Hall–Kier alpha value is -0.370. The van der Waals surface area contributed by atoms with Crippen molar-refractivity contribution < 1.29 is 9.53 Å². The van der Waals surface area contributed by atoms with E-state index in [4.69, 9.17) is 4.74 Å². The SMILES string of the molecule is CCCCC(OC)C1CCCC1=O. The molecule has 2 nitrogen and oxygen atoms in total. The highest BCUT2D eigenvalue weighted by Gasteiger charge is 2.31. The summed E-state index contributed by atoms with van der Waals surface area (Å²) in [5, 5.41) is 0. The van der Waals surface area contributed by atoms with Gasteiger partial charge in [0.2, 0.25) is 0 Å². The first kappa shape index (κ1) is 10.7. The van der Waals surface area contributed by atoms with Gasteiger partial charge in [-0.25, -0.2) is 0 Å².